The molecule has 0 saturated heterocycles. The third-order valence-electron chi connectivity index (χ3n) is 2.94. The number of halogens is 1. The Morgan fingerprint density at radius 3 is 2.67 bits per heavy atom. The highest BCUT2D eigenvalue weighted by molar-refractivity contribution is 9.10. The van der Waals surface area contributed by atoms with Gasteiger partial charge in [-0.3, -0.25) is 0 Å². The Hall–Kier alpha value is -1.82. The van der Waals surface area contributed by atoms with Crippen molar-refractivity contribution >= 4 is 21.7 Å². The highest BCUT2D eigenvalue weighted by atomic mass is 79.9. The van der Waals surface area contributed by atoms with Crippen molar-refractivity contribution in [3.8, 4) is 17.4 Å². The number of benzene rings is 1. The third-order valence-corrected chi connectivity index (χ3v) is 3.66. The van der Waals surface area contributed by atoms with Gasteiger partial charge in [-0.1, -0.05) is 13.0 Å². The first-order valence-corrected chi connectivity index (χ1v) is 7.58. The second-order valence-corrected chi connectivity index (χ2v) is 5.11. The zero-order chi connectivity index (χ0) is 15.2. The minimum Gasteiger partial charge on any atom is -0.493 e. The second-order valence-electron chi connectivity index (χ2n) is 4.31. The van der Waals surface area contributed by atoms with Gasteiger partial charge in [0.25, 0.3) is 0 Å². The number of hydrogen-bond donors (Lipinski definition) is 1. The highest BCUT2D eigenvalue weighted by Gasteiger charge is 2.13. The molecule has 0 saturated carbocycles. The highest BCUT2D eigenvalue weighted by Crippen LogP contribution is 2.36. The fourth-order valence-electron chi connectivity index (χ4n) is 1.84. The van der Waals surface area contributed by atoms with Crippen molar-refractivity contribution < 1.29 is 9.47 Å². The molecule has 0 aliphatic heterocycles. The summed E-state index contributed by atoms with van der Waals surface area (Å²) in [6.07, 6.45) is 2.41. The summed E-state index contributed by atoms with van der Waals surface area (Å²) >= 11 is 3.46. The van der Waals surface area contributed by atoms with E-state index in [-0.39, 0.29) is 0 Å². The smallest absolute Gasteiger partial charge is 0.239 e. The zero-order valence-electron chi connectivity index (χ0n) is 12.3. The molecule has 1 heterocycles. The van der Waals surface area contributed by atoms with Gasteiger partial charge in [0.1, 0.15) is 16.6 Å². The van der Waals surface area contributed by atoms with Crippen molar-refractivity contribution in [2.75, 3.05) is 19.0 Å². The maximum atomic E-state index is 5.85. The first-order chi connectivity index (χ1) is 10.2. The summed E-state index contributed by atoms with van der Waals surface area (Å²) in [4.78, 5) is 8.32. The quantitative estimate of drug-likeness (QED) is 0.851. The number of rotatable bonds is 6. The molecule has 0 atom stereocenters. The number of nitrogens with zero attached hydrogens (tertiary/aromatic N) is 2. The van der Waals surface area contributed by atoms with Crippen molar-refractivity contribution in [1.82, 2.24) is 9.97 Å². The molecule has 0 amide bonds. The maximum absolute atomic E-state index is 5.85. The third kappa shape index (κ3) is 3.64. The Morgan fingerprint density at radius 1 is 1.19 bits per heavy atom. The second kappa shape index (κ2) is 7.26. The molecule has 112 valence electrons. The van der Waals surface area contributed by atoms with Gasteiger partial charge in [-0.15, -0.1) is 0 Å². The molecule has 2 aromatic rings. The van der Waals surface area contributed by atoms with Gasteiger partial charge < -0.3 is 14.8 Å². The van der Waals surface area contributed by atoms with Gasteiger partial charge in [-0.2, -0.15) is 0 Å². The van der Waals surface area contributed by atoms with Gasteiger partial charge in [0.15, 0.2) is 11.5 Å². The maximum Gasteiger partial charge on any atom is 0.239 e. The Kier molecular flexibility index (Phi) is 5.38. The molecule has 5 nitrogen and oxygen atoms in total. The van der Waals surface area contributed by atoms with Crippen LogP contribution in [0.5, 0.6) is 17.4 Å². The minimum atomic E-state index is 0.448. The summed E-state index contributed by atoms with van der Waals surface area (Å²) in [6.45, 7) is 4.87. The molecule has 0 fully saturated rings. The van der Waals surface area contributed by atoms with Crippen LogP contribution in [0.3, 0.4) is 0 Å². The van der Waals surface area contributed by atoms with Crippen molar-refractivity contribution in [1.29, 1.82) is 0 Å². The van der Waals surface area contributed by atoms with E-state index < -0.39 is 0 Å². The molecular weight excluding hydrogens is 334 g/mol. The molecule has 1 aromatic carbocycles. The van der Waals surface area contributed by atoms with Crippen LogP contribution in [0.2, 0.25) is 0 Å². The lowest BCUT2D eigenvalue weighted by Crippen LogP contribution is -2.02. The predicted molar refractivity (Wildman–Crippen MR) is 86.3 cm³/mol. The topological polar surface area (TPSA) is 56.3 Å². The van der Waals surface area contributed by atoms with Gasteiger partial charge in [0, 0.05) is 6.54 Å². The molecule has 2 rings (SSSR count). The summed E-state index contributed by atoms with van der Waals surface area (Å²) in [6, 6.07) is 5.87. The van der Waals surface area contributed by atoms with Crippen LogP contribution in [0.1, 0.15) is 19.4 Å². The van der Waals surface area contributed by atoms with E-state index in [1.165, 1.54) is 11.9 Å². The molecule has 0 unspecified atom stereocenters. The van der Waals surface area contributed by atoms with Gasteiger partial charge in [-0.25, -0.2) is 9.97 Å². The predicted octanol–water partition coefficient (Wildman–Crippen LogP) is 4.03. The molecule has 1 N–H and O–H groups in total. The number of aromatic nitrogens is 2. The van der Waals surface area contributed by atoms with Crippen molar-refractivity contribution in [3.05, 3.63) is 34.6 Å². The van der Waals surface area contributed by atoms with E-state index in [2.05, 4.69) is 38.1 Å². The summed E-state index contributed by atoms with van der Waals surface area (Å²) in [5.74, 6) is 2.46. The molecule has 0 aliphatic rings. The van der Waals surface area contributed by atoms with Crippen molar-refractivity contribution in [2.45, 2.75) is 20.3 Å². The summed E-state index contributed by atoms with van der Waals surface area (Å²) < 4.78 is 11.9. The summed E-state index contributed by atoms with van der Waals surface area (Å²) in [5, 5.41) is 3.14. The van der Waals surface area contributed by atoms with Gasteiger partial charge in [-0.05, 0) is 47.0 Å². The van der Waals surface area contributed by atoms with E-state index in [0.29, 0.717) is 27.7 Å². The lowest BCUT2D eigenvalue weighted by Gasteiger charge is -2.13. The SMILES string of the molecule is CCNc1ncnc(Oc2ccc(CC)cc2OC)c1Br. The first-order valence-electron chi connectivity index (χ1n) is 6.78. The zero-order valence-corrected chi connectivity index (χ0v) is 13.9. The minimum absolute atomic E-state index is 0.448. The largest absolute Gasteiger partial charge is 0.493 e. The van der Waals surface area contributed by atoms with Crippen LogP contribution in [0, 0.1) is 0 Å². The number of hydrogen-bond acceptors (Lipinski definition) is 5. The lowest BCUT2D eigenvalue weighted by molar-refractivity contribution is 0.372. The van der Waals surface area contributed by atoms with Crippen molar-refractivity contribution in [2.24, 2.45) is 0 Å². The summed E-state index contributed by atoms with van der Waals surface area (Å²) in [7, 11) is 1.63. The van der Waals surface area contributed by atoms with Crippen LogP contribution < -0.4 is 14.8 Å². The Morgan fingerprint density at radius 2 is 2.00 bits per heavy atom. The van der Waals surface area contributed by atoms with Gasteiger partial charge in [0.2, 0.25) is 5.88 Å². The molecular formula is C15H18BrN3O2. The van der Waals surface area contributed by atoms with Crippen LogP contribution in [0.15, 0.2) is 29.0 Å². The fraction of sp³-hybridized carbons (Fsp3) is 0.333. The average Bonchev–Trinajstić information content (AvgIpc) is 2.51. The van der Waals surface area contributed by atoms with Crippen LogP contribution in [0.4, 0.5) is 5.82 Å². The molecule has 1 aromatic heterocycles. The number of aryl methyl sites for hydroxylation is 1. The van der Waals surface area contributed by atoms with E-state index >= 15 is 0 Å². The van der Waals surface area contributed by atoms with E-state index in [4.69, 9.17) is 9.47 Å². The number of methoxy groups -OCH3 is 1. The molecule has 0 bridgehead atoms. The standard InChI is InChI=1S/C15H18BrN3O2/c1-4-10-6-7-11(12(8-10)20-3)21-15-13(16)14(17-5-2)18-9-19-15/h6-9H,4-5H2,1-3H3,(H,17,18,19). The molecule has 21 heavy (non-hydrogen) atoms. The van der Waals surface area contributed by atoms with Crippen LogP contribution in [-0.4, -0.2) is 23.6 Å². The Bertz CT molecular complexity index is 620. The van der Waals surface area contributed by atoms with Gasteiger partial charge in [0.05, 0.1) is 7.11 Å². The first kappa shape index (κ1) is 15.6. The molecule has 6 heteroatoms. The molecule has 0 radical (unpaired) electrons. The van der Waals surface area contributed by atoms with Gasteiger partial charge >= 0.3 is 0 Å². The molecule has 0 aliphatic carbocycles. The van der Waals surface area contributed by atoms with E-state index in [1.807, 2.05) is 25.1 Å². The van der Waals surface area contributed by atoms with Crippen LogP contribution in [0.25, 0.3) is 0 Å². The normalized spacial score (nSPS) is 10.3. The number of anilines is 1. The van der Waals surface area contributed by atoms with Crippen molar-refractivity contribution in [3.63, 3.8) is 0 Å². The van der Waals surface area contributed by atoms with E-state index in [9.17, 15) is 0 Å². The van der Waals surface area contributed by atoms with Crippen LogP contribution in [-0.2, 0) is 6.42 Å². The fourth-order valence-corrected chi connectivity index (χ4v) is 2.26. The summed E-state index contributed by atoms with van der Waals surface area (Å²) in [5.41, 5.74) is 1.19. The average molecular weight is 352 g/mol. The van der Waals surface area contributed by atoms with Crippen LogP contribution >= 0.6 is 15.9 Å². The van der Waals surface area contributed by atoms with E-state index in [1.54, 1.807) is 7.11 Å². The van der Waals surface area contributed by atoms with E-state index in [0.717, 1.165) is 13.0 Å². The lowest BCUT2D eigenvalue weighted by atomic mass is 10.1. The Labute approximate surface area is 132 Å². The Balaban J connectivity index is 2.32. The molecule has 0 spiro atoms. The number of nitrogens with one attached hydrogen (secondary N) is 1. The number of ether oxygens (including phenoxy) is 2. The monoisotopic (exact) mass is 351 g/mol.